The van der Waals surface area contributed by atoms with Crippen LogP contribution < -0.4 is 16.0 Å². The molecule has 0 fully saturated rings. The third kappa shape index (κ3) is 6.36. The summed E-state index contributed by atoms with van der Waals surface area (Å²) in [7, 11) is 3.10. The van der Waals surface area contributed by atoms with Crippen LogP contribution in [0.2, 0.25) is 0 Å². The summed E-state index contributed by atoms with van der Waals surface area (Å²) >= 11 is 0. The average Bonchev–Trinajstić information content (AvgIpc) is 2.25. The number of amides is 3. The molecule has 3 N–H and O–H groups in total. The number of imide groups is 1. The van der Waals surface area contributed by atoms with Gasteiger partial charge in [0, 0.05) is 27.3 Å². The topological polar surface area (TPSA) is 79.5 Å². The molecule has 2 atom stereocenters. The van der Waals surface area contributed by atoms with Crippen molar-refractivity contribution in [3.05, 3.63) is 0 Å². The van der Waals surface area contributed by atoms with Gasteiger partial charge < -0.3 is 15.4 Å². The van der Waals surface area contributed by atoms with Crippen molar-refractivity contribution in [2.45, 2.75) is 19.9 Å². The maximum atomic E-state index is 11.4. The van der Waals surface area contributed by atoms with Crippen molar-refractivity contribution in [2.75, 3.05) is 27.3 Å². The molecule has 16 heavy (non-hydrogen) atoms. The second-order valence-corrected chi connectivity index (χ2v) is 3.76. The van der Waals surface area contributed by atoms with Crippen LogP contribution >= 0.6 is 0 Å². The van der Waals surface area contributed by atoms with E-state index in [2.05, 4.69) is 16.0 Å². The third-order valence-electron chi connectivity index (χ3n) is 2.08. The van der Waals surface area contributed by atoms with Crippen molar-refractivity contribution >= 4 is 11.9 Å². The van der Waals surface area contributed by atoms with Gasteiger partial charge in [0.15, 0.2) is 0 Å². The Bertz CT molecular complexity index is 233. The van der Waals surface area contributed by atoms with E-state index < -0.39 is 12.1 Å². The highest BCUT2D eigenvalue weighted by molar-refractivity contribution is 5.96. The fourth-order valence-corrected chi connectivity index (χ4v) is 1.10. The van der Waals surface area contributed by atoms with Gasteiger partial charge in [0.05, 0.1) is 6.04 Å². The van der Waals surface area contributed by atoms with Crippen LogP contribution in [0.25, 0.3) is 0 Å². The Morgan fingerprint density at radius 2 is 1.94 bits per heavy atom. The fourth-order valence-electron chi connectivity index (χ4n) is 1.10. The van der Waals surface area contributed by atoms with Gasteiger partial charge in [-0.2, -0.15) is 0 Å². The van der Waals surface area contributed by atoms with Crippen molar-refractivity contribution in [3.8, 4) is 0 Å². The smallest absolute Gasteiger partial charge is 0.321 e. The second-order valence-electron chi connectivity index (χ2n) is 3.76. The van der Waals surface area contributed by atoms with Gasteiger partial charge in [0.25, 0.3) is 0 Å². The molecular formula is C10H21N3O3. The Labute approximate surface area is 96.1 Å². The highest BCUT2D eigenvalue weighted by Gasteiger charge is 2.15. The highest BCUT2D eigenvalue weighted by atomic mass is 16.5. The number of carbonyl (C=O) groups excluding carboxylic acids is 2. The van der Waals surface area contributed by atoms with Crippen LogP contribution in [0.4, 0.5) is 4.79 Å². The summed E-state index contributed by atoms with van der Waals surface area (Å²) in [6.45, 7) is 5.02. The Hall–Kier alpha value is -1.14. The van der Waals surface area contributed by atoms with E-state index in [1.54, 1.807) is 14.0 Å². The summed E-state index contributed by atoms with van der Waals surface area (Å²) < 4.78 is 4.97. The van der Waals surface area contributed by atoms with E-state index in [0.29, 0.717) is 19.1 Å². The molecule has 0 aromatic rings. The number of nitrogens with one attached hydrogen (secondary N) is 3. The Morgan fingerprint density at radius 1 is 1.31 bits per heavy atom. The standard InChI is InChI=1S/C10H21N3O3/c1-7(6-16-4)5-12-8(2)9(14)13-10(15)11-3/h7-8,12H,5-6H2,1-4H3,(H2,11,13,14,15). The summed E-state index contributed by atoms with van der Waals surface area (Å²) in [5.74, 6) is -0.0239. The predicted molar refractivity (Wildman–Crippen MR) is 61.1 cm³/mol. The predicted octanol–water partition coefficient (Wildman–Crippen LogP) is -0.297. The molecule has 6 heteroatoms. The van der Waals surface area contributed by atoms with Crippen molar-refractivity contribution < 1.29 is 14.3 Å². The number of urea groups is 1. The minimum Gasteiger partial charge on any atom is -0.384 e. The number of hydrogen-bond donors (Lipinski definition) is 3. The van der Waals surface area contributed by atoms with Crippen molar-refractivity contribution in [1.29, 1.82) is 0 Å². The lowest BCUT2D eigenvalue weighted by Crippen LogP contribution is -2.48. The van der Waals surface area contributed by atoms with Gasteiger partial charge in [-0.05, 0) is 12.8 Å². The summed E-state index contributed by atoms with van der Waals surface area (Å²) in [4.78, 5) is 22.3. The molecule has 0 saturated heterocycles. The Kier molecular flexibility index (Phi) is 7.49. The summed E-state index contributed by atoms with van der Waals surface area (Å²) in [6.07, 6.45) is 0. The molecule has 0 saturated carbocycles. The van der Waals surface area contributed by atoms with E-state index in [0.717, 1.165) is 0 Å². The molecule has 0 aromatic heterocycles. The van der Waals surface area contributed by atoms with Gasteiger partial charge in [-0.25, -0.2) is 4.79 Å². The van der Waals surface area contributed by atoms with Crippen LogP contribution in [0.1, 0.15) is 13.8 Å². The van der Waals surface area contributed by atoms with Gasteiger partial charge in [-0.1, -0.05) is 6.92 Å². The van der Waals surface area contributed by atoms with Crippen molar-refractivity contribution in [2.24, 2.45) is 5.92 Å². The molecule has 94 valence electrons. The van der Waals surface area contributed by atoms with Crippen LogP contribution in [0, 0.1) is 5.92 Å². The average molecular weight is 231 g/mol. The normalized spacial score (nSPS) is 14.0. The van der Waals surface area contributed by atoms with Crippen LogP contribution in [0.5, 0.6) is 0 Å². The molecule has 0 aliphatic heterocycles. The van der Waals surface area contributed by atoms with Crippen molar-refractivity contribution in [1.82, 2.24) is 16.0 Å². The lowest BCUT2D eigenvalue weighted by atomic mass is 10.2. The van der Waals surface area contributed by atoms with Gasteiger partial charge >= 0.3 is 6.03 Å². The molecule has 0 aliphatic rings. The van der Waals surface area contributed by atoms with E-state index in [-0.39, 0.29) is 5.91 Å². The minimum absolute atomic E-state index is 0.320. The zero-order valence-electron chi connectivity index (χ0n) is 10.3. The van der Waals surface area contributed by atoms with Crippen LogP contribution in [-0.4, -0.2) is 45.3 Å². The molecule has 3 amide bonds. The molecular weight excluding hydrogens is 210 g/mol. The quantitative estimate of drug-likeness (QED) is 0.586. The van der Waals surface area contributed by atoms with Gasteiger partial charge in [-0.3, -0.25) is 10.1 Å². The van der Waals surface area contributed by atoms with Gasteiger partial charge in [0.2, 0.25) is 5.91 Å². The van der Waals surface area contributed by atoms with Crippen LogP contribution in [-0.2, 0) is 9.53 Å². The van der Waals surface area contributed by atoms with E-state index in [4.69, 9.17) is 4.74 Å². The van der Waals surface area contributed by atoms with Crippen LogP contribution in [0.15, 0.2) is 0 Å². The molecule has 2 unspecified atom stereocenters. The van der Waals surface area contributed by atoms with E-state index >= 15 is 0 Å². The first-order valence-electron chi connectivity index (χ1n) is 5.26. The van der Waals surface area contributed by atoms with Crippen molar-refractivity contribution in [3.63, 3.8) is 0 Å². The summed E-state index contributed by atoms with van der Waals surface area (Å²) in [6, 6.07) is -0.903. The molecule has 0 spiro atoms. The maximum Gasteiger partial charge on any atom is 0.321 e. The summed E-state index contributed by atoms with van der Waals surface area (Å²) in [5.41, 5.74) is 0. The van der Waals surface area contributed by atoms with E-state index in [1.807, 2.05) is 6.92 Å². The summed E-state index contributed by atoms with van der Waals surface area (Å²) in [5, 5.41) is 7.54. The molecule has 0 radical (unpaired) electrons. The second kappa shape index (κ2) is 8.06. The maximum absolute atomic E-state index is 11.4. The van der Waals surface area contributed by atoms with Crippen LogP contribution in [0.3, 0.4) is 0 Å². The number of rotatable bonds is 6. The SMILES string of the molecule is CNC(=O)NC(=O)C(C)NCC(C)COC. The zero-order chi connectivity index (χ0) is 12.6. The zero-order valence-corrected chi connectivity index (χ0v) is 10.3. The lowest BCUT2D eigenvalue weighted by molar-refractivity contribution is -0.121. The number of carbonyl (C=O) groups is 2. The van der Waals surface area contributed by atoms with Gasteiger partial charge in [-0.15, -0.1) is 0 Å². The fraction of sp³-hybridized carbons (Fsp3) is 0.800. The number of hydrogen-bond acceptors (Lipinski definition) is 4. The first-order valence-corrected chi connectivity index (χ1v) is 5.26. The number of ether oxygens (including phenoxy) is 1. The molecule has 6 nitrogen and oxygen atoms in total. The van der Waals surface area contributed by atoms with Gasteiger partial charge in [0.1, 0.15) is 0 Å². The Balaban J connectivity index is 3.83. The molecule has 0 heterocycles. The van der Waals surface area contributed by atoms with E-state index in [1.165, 1.54) is 7.05 Å². The monoisotopic (exact) mass is 231 g/mol. The lowest BCUT2D eigenvalue weighted by Gasteiger charge is -2.16. The van der Waals surface area contributed by atoms with E-state index in [9.17, 15) is 9.59 Å². The number of methoxy groups -OCH3 is 1. The third-order valence-corrected chi connectivity index (χ3v) is 2.08. The first-order chi connectivity index (χ1) is 7.51. The largest absolute Gasteiger partial charge is 0.384 e. The molecule has 0 aliphatic carbocycles. The Morgan fingerprint density at radius 3 is 2.44 bits per heavy atom. The molecule has 0 aromatic carbocycles. The highest BCUT2D eigenvalue weighted by Crippen LogP contribution is 1.93. The minimum atomic E-state index is -0.497. The first kappa shape index (κ1) is 14.9. The molecule has 0 bridgehead atoms. The molecule has 0 rings (SSSR count).